The van der Waals surface area contributed by atoms with Gasteiger partial charge in [0, 0.05) is 29.9 Å². The predicted octanol–water partition coefficient (Wildman–Crippen LogP) is 5.51. The van der Waals surface area contributed by atoms with Crippen molar-refractivity contribution in [3.05, 3.63) is 76.6 Å². The second kappa shape index (κ2) is 10.3. The molecule has 2 aromatic heterocycles. The molecule has 3 heterocycles. The lowest BCUT2D eigenvalue weighted by Crippen LogP contribution is -2.19. The average molecular weight is 527 g/mol. The van der Waals surface area contributed by atoms with Crippen molar-refractivity contribution in [2.45, 2.75) is 6.61 Å². The van der Waals surface area contributed by atoms with E-state index in [1.54, 1.807) is 43.4 Å². The van der Waals surface area contributed by atoms with Crippen molar-refractivity contribution >= 4 is 51.6 Å². The molecule has 0 spiro atoms. The zero-order valence-corrected chi connectivity index (χ0v) is 20.7. The largest absolute Gasteiger partial charge is 0.497 e. The van der Waals surface area contributed by atoms with Crippen LogP contribution in [0, 0.1) is 0 Å². The van der Waals surface area contributed by atoms with E-state index in [0.29, 0.717) is 51.3 Å². The minimum Gasteiger partial charge on any atom is -0.497 e. The first-order chi connectivity index (χ1) is 17.5. The molecule has 0 unspecified atom stereocenters. The van der Waals surface area contributed by atoms with Gasteiger partial charge in [-0.15, -0.1) is 0 Å². The summed E-state index contributed by atoms with van der Waals surface area (Å²) in [5, 5.41) is 8.88. The number of methoxy groups -OCH3 is 2. The Kier molecular flexibility index (Phi) is 6.79. The van der Waals surface area contributed by atoms with Crippen LogP contribution in [-0.4, -0.2) is 40.9 Å². The van der Waals surface area contributed by atoms with Crippen LogP contribution in [0.25, 0.3) is 10.9 Å². The summed E-state index contributed by atoms with van der Waals surface area (Å²) in [6.07, 6.45) is 7.00. The third-order valence-corrected chi connectivity index (χ3v) is 6.05. The van der Waals surface area contributed by atoms with Gasteiger partial charge in [0.1, 0.15) is 17.9 Å². The lowest BCUT2D eigenvalue weighted by Gasteiger charge is -2.17. The van der Waals surface area contributed by atoms with Gasteiger partial charge in [-0.1, -0.05) is 28.4 Å². The third-order valence-electron chi connectivity index (χ3n) is 5.31. The van der Waals surface area contributed by atoms with Crippen LogP contribution in [0.2, 0.25) is 10.0 Å². The zero-order chi connectivity index (χ0) is 25.1. The molecule has 0 radical (unpaired) electrons. The van der Waals surface area contributed by atoms with E-state index >= 15 is 0 Å². The monoisotopic (exact) mass is 526 g/mol. The van der Waals surface area contributed by atoms with Gasteiger partial charge in [-0.25, -0.2) is 9.97 Å². The molecule has 0 saturated heterocycles. The number of rotatable bonds is 8. The minimum absolute atomic E-state index is 0.0710. The number of hydrogen-bond donors (Lipinski definition) is 1. The standard InChI is InChI=1S/C24H20Cl2N6O4/c1-33-15-5-7-32(8-6-15)24-30-22(31-36-24)12-35-21-11-19-16(10-20(21)34-2)23(28-13-27-19)29-14-3-4-17(25)18(26)9-14/h3-7,9-11,13H,8,12H2,1-2H3,(H,27,28,29). The van der Waals surface area contributed by atoms with E-state index in [1.165, 1.54) is 6.33 Å². The maximum Gasteiger partial charge on any atom is 0.328 e. The number of fused-ring (bicyclic) bond motifs is 1. The maximum atomic E-state index is 6.14. The SMILES string of the molecule is COC1=CCN(c2nc(COc3cc4ncnc(Nc5ccc(Cl)c(Cl)c5)c4cc3OC)no2)C=C1. The summed E-state index contributed by atoms with van der Waals surface area (Å²) in [6.45, 7) is 0.626. The lowest BCUT2D eigenvalue weighted by molar-refractivity contribution is 0.270. The van der Waals surface area contributed by atoms with E-state index in [-0.39, 0.29) is 6.61 Å². The van der Waals surface area contributed by atoms with E-state index in [1.807, 2.05) is 24.4 Å². The van der Waals surface area contributed by atoms with Gasteiger partial charge in [0.2, 0.25) is 5.82 Å². The van der Waals surface area contributed by atoms with Crippen LogP contribution in [0.15, 0.2) is 65.3 Å². The first-order valence-electron chi connectivity index (χ1n) is 10.7. The van der Waals surface area contributed by atoms with Crippen molar-refractivity contribution in [3.8, 4) is 11.5 Å². The average Bonchev–Trinajstić information content (AvgIpc) is 3.38. The molecule has 0 atom stereocenters. The van der Waals surface area contributed by atoms with Gasteiger partial charge in [0.05, 0.1) is 29.8 Å². The topological polar surface area (TPSA) is 108 Å². The van der Waals surface area contributed by atoms with E-state index in [0.717, 1.165) is 16.8 Å². The molecular weight excluding hydrogens is 507 g/mol. The van der Waals surface area contributed by atoms with Crippen LogP contribution in [0.4, 0.5) is 17.5 Å². The molecule has 2 aromatic carbocycles. The number of benzene rings is 2. The number of nitrogens with zero attached hydrogens (tertiary/aromatic N) is 5. The van der Waals surface area contributed by atoms with Crippen molar-refractivity contribution in [1.82, 2.24) is 20.1 Å². The van der Waals surface area contributed by atoms with E-state index in [4.69, 9.17) is 41.9 Å². The molecule has 0 bridgehead atoms. The van der Waals surface area contributed by atoms with Gasteiger partial charge in [-0.3, -0.25) is 4.90 Å². The van der Waals surface area contributed by atoms with Crippen molar-refractivity contribution in [2.24, 2.45) is 0 Å². The second-order valence-corrected chi connectivity index (χ2v) is 8.37. The summed E-state index contributed by atoms with van der Waals surface area (Å²) in [5.41, 5.74) is 1.38. The number of hydrogen-bond acceptors (Lipinski definition) is 10. The molecule has 0 fully saturated rings. The molecule has 1 N–H and O–H groups in total. The van der Waals surface area contributed by atoms with Gasteiger partial charge in [-0.05, 0) is 36.4 Å². The second-order valence-electron chi connectivity index (χ2n) is 7.56. The van der Waals surface area contributed by atoms with Gasteiger partial charge in [0.25, 0.3) is 0 Å². The van der Waals surface area contributed by atoms with Crippen LogP contribution in [0.1, 0.15) is 5.82 Å². The Bertz CT molecular complexity index is 1470. The van der Waals surface area contributed by atoms with E-state index in [2.05, 4.69) is 25.4 Å². The number of aromatic nitrogens is 4. The van der Waals surface area contributed by atoms with Crippen LogP contribution >= 0.6 is 23.2 Å². The smallest absolute Gasteiger partial charge is 0.328 e. The fraction of sp³-hybridized carbons (Fsp3) is 0.167. The molecule has 184 valence electrons. The fourth-order valence-corrected chi connectivity index (χ4v) is 3.78. The predicted molar refractivity (Wildman–Crippen MR) is 136 cm³/mol. The first-order valence-corrected chi connectivity index (χ1v) is 11.5. The summed E-state index contributed by atoms with van der Waals surface area (Å²) in [5.74, 6) is 2.70. The van der Waals surface area contributed by atoms with Crippen LogP contribution in [0.3, 0.4) is 0 Å². The Labute approximate surface area is 216 Å². The van der Waals surface area contributed by atoms with Crippen molar-refractivity contribution < 1.29 is 18.7 Å². The van der Waals surface area contributed by atoms with Gasteiger partial charge < -0.3 is 24.1 Å². The summed E-state index contributed by atoms with van der Waals surface area (Å²) in [4.78, 5) is 14.9. The number of anilines is 3. The fourth-order valence-electron chi connectivity index (χ4n) is 3.48. The highest BCUT2D eigenvalue weighted by molar-refractivity contribution is 6.42. The summed E-state index contributed by atoms with van der Waals surface area (Å²) in [6, 6.07) is 9.15. The molecule has 1 aliphatic rings. The molecule has 0 amide bonds. The van der Waals surface area contributed by atoms with E-state index in [9.17, 15) is 0 Å². The number of halogens is 2. The maximum absolute atomic E-state index is 6.14. The van der Waals surface area contributed by atoms with Crippen molar-refractivity contribution in [3.63, 3.8) is 0 Å². The summed E-state index contributed by atoms with van der Waals surface area (Å²) < 4.78 is 22.1. The molecule has 12 heteroatoms. The first kappa shape index (κ1) is 23.7. The highest BCUT2D eigenvalue weighted by atomic mass is 35.5. The quantitative estimate of drug-likeness (QED) is 0.315. The Morgan fingerprint density at radius 2 is 1.94 bits per heavy atom. The number of nitrogens with one attached hydrogen (secondary N) is 1. The zero-order valence-electron chi connectivity index (χ0n) is 19.2. The molecule has 1 aliphatic heterocycles. The van der Waals surface area contributed by atoms with Crippen LogP contribution in [-0.2, 0) is 11.3 Å². The molecular formula is C24H20Cl2N6O4. The van der Waals surface area contributed by atoms with Crippen molar-refractivity contribution in [2.75, 3.05) is 31.0 Å². The van der Waals surface area contributed by atoms with Gasteiger partial charge >= 0.3 is 6.01 Å². The van der Waals surface area contributed by atoms with E-state index < -0.39 is 0 Å². The molecule has 0 saturated carbocycles. The highest BCUT2D eigenvalue weighted by Crippen LogP contribution is 2.36. The lowest BCUT2D eigenvalue weighted by atomic mass is 10.2. The Balaban J connectivity index is 1.33. The Hall–Kier alpha value is -4.02. The molecule has 36 heavy (non-hydrogen) atoms. The third kappa shape index (κ3) is 5.00. The molecule has 0 aliphatic carbocycles. The van der Waals surface area contributed by atoms with Gasteiger partial charge in [-0.2, -0.15) is 4.98 Å². The van der Waals surface area contributed by atoms with Crippen LogP contribution in [0.5, 0.6) is 11.5 Å². The number of ether oxygens (including phenoxy) is 3. The summed E-state index contributed by atoms with van der Waals surface area (Å²) in [7, 11) is 3.18. The Morgan fingerprint density at radius 3 is 2.69 bits per heavy atom. The molecule has 5 rings (SSSR count). The van der Waals surface area contributed by atoms with Crippen LogP contribution < -0.4 is 19.7 Å². The minimum atomic E-state index is 0.0710. The Morgan fingerprint density at radius 1 is 1.06 bits per heavy atom. The van der Waals surface area contributed by atoms with Crippen molar-refractivity contribution in [1.29, 1.82) is 0 Å². The molecule has 10 nitrogen and oxygen atoms in total. The number of allylic oxidation sites excluding steroid dienone is 1. The summed E-state index contributed by atoms with van der Waals surface area (Å²) >= 11 is 12.2. The van der Waals surface area contributed by atoms with Gasteiger partial charge in [0.15, 0.2) is 18.1 Å². The highest BCUT2D eigenvalue weighted by Gasteiger charge is 2.17. The normalized spacial score (nSPS) is 13.0. The molecule has 4 aromatic rings.